The minimum atomic E-state index is 0.140. The Morgan fingerprint density at radius 2 is 1.81 bits per heavy atom. The van der Waals surface area contributed by atoms with Gasteiger partial charge in [-0.25, -0.2) is 9.97 Å². The molecule has 90 valence electrons. The Balaban J connectivity index is 2.45. The van der Waals surface area contributed by atoms with Gasteiger partial charge in [-0.1, -0.05) is 13.3 Å². The van der Waals surface area contributed by atoms with Gasteiger partial charge in [-0.15, -0.1) is 0 Å². The Morgan fingerprint density at radius 1 is 1.19 bits per heavy atom. The van der Waals surface area contributed by atoms with E-state index in [1.165, 1.54) is 12.8 Å². The molecule has 3 heteroatoms. The molecule has 0 aromatic carbocycles. The summed E-state index contributed by atoms with van der Waals surface area (Å²) in [5.74, 6) is 0.960. The normalized spacial score (nSPS) is 11.8. The first-order valence-corrected chi connectivity index (χ1v) is 6.06. The largest absolute Gasteiger partial charge is 0.308 e. The first-order valence-electron chi connectivity index (χ1n) is 6.06. The van der Waals surface area contributed by atoms with Gasteiger partial charge in [-0.05, 0) is 27.2 Å². The Labute approximate surface area is 98.7 Å². The van der Waals surface area contributed by atoms with E-state index in [1.807, 2.05) is 12.4 Å². The highest BCUT2D eigenvalue weighted by atomic mass is 14.9. The maximum atomic E-state index is 4.37. The average Bonchev–Trinajstić information content (AvgIpc) is 2.24. The Kier molecular flexibility index (Phi) is 4.87. The summed E-state index contributed by atoms with van der Waals surface area (Å²) >= 11 is 0. The third kappa shape index (κ3) is 5.21. The molecule has 16 heavy (non-hydrogen) atoms. The minimum Gasteiger partial charge on any atom is -0.308 e. The van der Waals surface area contributed by atoms with Gasteiger partial charge < -0.3 is 5.32 Å². The fraction of sp³-hybridized carbons (Fsp3) is 0.692. The molecule has 0 unspecified atom stereocenters. The van der Waals surface area contributed by atoms with E-state index in [9.17, 15) is 0 Å². The summed E-state index contributed by atoms with van der Waals surface area (Å²) < 4.78 is 0. The highest BCUT2D eigenvalue weighted by Gasteiger charge is 2.08. The quantitative estimate of drug-likeness (QED) is 0.830. The van der Waals surface area contributed by atoms with Gasteiger partial charge in [0.25, 0.3) is 0 Å². The van der Waals surface area contributed by atoms with Gasteiger partial charge in [0.15, 0.2) is 0 Å². The number of rotatable bonds is 5. The lowest BCUT2D eigenvalue weighted by Crippen LogP contribution is -2.35. The average molecular weight is 221 g/mol. The molecule has 0 fully saturated rings. The van der Waals surface area contributed by atoms with E-state index < -0.39 is 0 Å². The van der Waals surface area contributed by atoms with E-state index >= 15 is 0 Å². The van der Waals surface area contributed by atoms with Crippen molar-refractivity contribution in [2.75, 3.05) is 0 Å². The van der Waals surface area contributed by atoms with Crippen LogP contribution in [0.4, 0.5) is 0 Å². The van der Waals surface area contributed by atoms with E-state index in [1.54, 1.807) is 0 Å². The molecule has 0 saturated carbocycles. The monoisotopic (exact) mass is 221 g/mol. The van der Waals surface area contributed by atoms with Crippen molar-refractivity contribution in [2.24, 2.45) is 0 Å². The van der Waals surface area contributed by atoms with Crippen LogP contribution in [0.15, 0.2) is 12.4 Å². The number of hydrogen-bond donors (Lipinski definition) is 1. The summed E-state index contributed by atoms with van der Waals surface area (Å²) in [6.07, 6.45) is 7.20. The van der Waals surface area contributed by atoms with Crippen molar-refractivity contribution in [1.82, 2.24) is 15.3 Å². The molecule has 0 spiro atoms. The zero-order chi connectivity index (χ0) is 12.0. The van der Waals surface area contributed by atoms with Crippen LogP contribution in [0, 0.1) is 0 Å². The number of aryl methyl sites for hydroxylation is 1. The molecule has 0 bridgehead atoms. The topological polar surface area (TPSA) is 37.8 Å². The van der Waals surface area contributed by atoms with Crippen molar-refractivity contribution in [2.45, 2.75) is 59.0 Å². The smallest absolute Gasteiger partial charge is 0.128 e. The Morgan fingerprint density at radius 3 is 2.31 bits per heavy atom. The van der Waals surface area contributed by atoms with Crippen LogP contribution in [0.3, 0.4) is 0 Å². The number of aromatic nitrogens is 2. The Bertz CT molecular complexity index is 298. The third-order valence-corrected chi connectivity index (χ3v) is 2.34. The molecule has 1 rings (SSSR count). The zero-order valence-electron chi connectivity index (χ0n) is 10.9. The second kappa shape index (κ2) is 5.94. The lowest BCUT2D eigenvalue weighted by atomic mass is 10.1. The van der Waals surface area contributed by atoms with Gasteiger partial charge in [0, 0.05) is 36.5 Å². The highest BCUT2D eigenvalue weighted by molar-refractivity contribution is 5.05. The van der Waals surface area contributed by atoms with Crippen molar-refractivity contribution in [3.63, 3.8) is 0 Å². The van der Waals surface area contributed by atoms with Crippen molar-refractivity contribution in [3.8, 4) is 0 Å². The van der Waals surface area contributed by atoms with Gasteiger partial charge in [0.1, 0.15) is 5.82 Å². The van der Waals surface area contributed by atoms with E-state index in [0.717, 1.165) is 24.4 Å². The van der Waals surface area contributed by atoms with Crippen molar-refractivity contribution < 1.29 is 0 Å². The van der Waals surface area contributed by atoms with E-state index in [4.69, 9.17) is 0 Å². The molecule has 0 aliphatic rings. The number of nitrogens with zero attached hydrogens (tertiary/aromatic N) is 2. The lowest BCUT2D eigenvalue weighted by molar-refractivity contribution is 0.423. The lowest BCUT2D eigenvalue weighted by Gasteiger charge is -2.20. The van der Waals surface area contributed by atoms with E-state index in [2.05, 4.69) is 43.0 Å². The molecular weight excluding hydrogens is 198 g/mol. The molecule has 0 aliphatic heterocycles. The van der Waals surface area contributed by atoms with E-state index in [-0.39, 0.29) is 5.54 Å². The molecular formula is C13H23N3. The van der Waals surface area contributed by atoms with Crippen LogP contribution in [-0.2, 0) is 13.0 Å². The first-order chi connectivity index (χ1) is 7.51. The van der Waals surface area contributed by atoms with Crippen LogP contribution in [0.25, 0.3) is 0 Å². The maximum Gasteiger partial charge on any atom is 0.128 e. The number of hydrogen-bond acceptors (Lipinski definition) is 3. The fourth-order valence-electron chi connectivity index (χ4n) is 1.30. The van der Waals surface area contributed by atoms with Gasteiger partial charge in [0.05, 0.1) is 0 Å². The van der Waals surface area contributed by atoms with Gasteiger partial charge >= 0.3 is 0 Å². The van der Waals surface area contributed by atoms with Crippen LogP contribution < -0.4 is 5.32 Å². The summed E-state index contributed by atoms with van der Waals surface area (Å²) in [7, 11) is 0. The minimum absolute atomic E-state index is 0.140. The molecule has 1 aromatic rings. The maximum absolute atomic E-state index is 4.37. The predicted molar refractivity (Wildman–Crippen MR) is 67.2 cm³/mol. The third-order valence-electron chi connectivity index (χ3n) is 2.34. The molecule has 0 amide bonds. The summed E-state index contributed by atoms with van der Waals surface area (Å²) in [5.41, 5.74) is 1.29. The number of nitrogens with one attached hydrogen (secondary N) is 1. The molecule has 1 heterocycles. The zero-order valence-corrected chi connectivity index (χ0v) is 10.9. The fourth-order valence-corrected chi connectivity index (χ4v) is 1.30. The molecule has 0 radical (unpaired) electrons. The summed E-state index contributed by atoms with van der Waals surface area (Å²) in [5, 5.41) is 3.42. The van der Waals surface area contributed by atoms with Gasteiger partial charge in [-0.2, -0.15) is 0 Å². The van der Waals surface area contributed by atoms with Crippen LogP contribution in [0.5, 0.6) is 0 Å². The molecule has 0 saturated heterocycles. The van der Waals surface area contributed by atoms with Crippen LogP contribution in [0.2, 0.25) is 0 Å². The van der Waals surface area contributed by atoms with Crippen LogP contribution in [-0.4, -0.2) is 15.5 Å². The van der Waals surface area contributed by atoms with Gasteiger partial charge in [-0.3, -0.25) is 0 Å². The van der Waals surface area contributed by atoms with Crippen molar-refractivity contribution >= 4 is 0 Å². The predicted octanol–water partition coefficient (Wildman–Crippen LogP) is 2.71. The standard InChI is InChI=1S/C13H23N3/c1-5-6-7-12-14-8-11(9-15-12)10-16-13(2,3)4/h8-9,16H,5-7,10H2,1-4H3. The molecule has 0 atom stereocenters. The molecule has 1 N–H and O–H groups in total. The van der Waals surface area contributed by atoms with Crippen LogP contribution >= 0.6 is 0 Å². The second-order valence-electron chi connectivity index (χ2n) is 5.21. The Hall–Kier alpha value is -0.960. The highest BCUT2D eigenvalue weighted by Crippen LogP contribution is 2.04. The second-order valence-corrected chi connectivity index (χ2v) is 5.21. The first kappa shape index (κ1) is 13.1. The van der Waals surface area contributed by atoms with Crippen LogP contribution in [0.1, 0.15) is 51.9 Å². The van der Waals surface area contributed by atoms with Gasteiger partial charge in [0.2, 0.25) is 0 Å². The SMILES string of the molecule is CCCCc1ncc(CNC(C)(C)C)cn1. The number of unbranched alkanes of at least 4 members (excludes halogenated alkanes) is 1. The van der Waals surface area contributed by atoms with E-state index in [0.29, 0.717) is 0 Å². The molecule has 1 aromatic heterocycles. The summed E-state index contributed by atoms with van der Waals surface area (Å²) in [4.78, 5) is 8.73. The van der Waals surface area contributed by atoms with Crippen molar-refractivity contribution in [1.29, 1.82) is 0 Å². The summed E-state index contributed by atoms with van der Waals surface area (Å²) in [6.45, 7) is 9.48. The molecule has 3 nitrogen and oxygen atoms in total. The van der Waals surface area contributed by atoms with Crippen molar-refractivity contribution in [3.05, 3.63) is 23.8 Å². The summed E-state index contributed by atoms with van der Waals surface area (Å²) in [6, 6.07) is 0. The molecule has 0 aliphatic carbocycles.